The molecule has 37 heavy (non-hydrogen) atoms. The Morgan fingerprint density at radius 3 is 2.43 bits per heavy atom. The van der Waals surface area contributed by atoms with Gasteiger partial charge in [0.15, 0.2) is 5.78 Å². The molecule has 0 saturated heterocycles. The Balaban J connectivity index is 1.51. The second-order valence-corrected chi connectivity index (χ2v) is 15.4. The Hall–Kier alpha value is -1.91. The quantitative estimate of drug-likeness (QED) is 0.389. The summed E-state index contributed by atoms with van der Waals surface area (Å²) in [6.07, 6.45) is 11.5. The van der Waals surface area contributed by atoms with Crippen molar-refractivity contribution < 1.29 is 18.8 Å². The molecular formula is C32H45NO4. The van der Waals surface area contributed by atoms with Gasteiger partial charge in [-0.3, -0.25) is 9.59 Å². The second kappa shape index (κ2) is 7.39. The van der Waals surface area contributed by atoms with E-state index in [1.165, 1.54) is 18.2 Å². The van der Waals surface area contributed by atoms with Crippen LogP contribution in [0.2, 0.25) is 0 Å². The molecule has 0 spiro atoms. The topological polar surface area (TPSA) is 69.4 Å². The molecule has 5 heteroatoms. The van der Waals surface area contributed by atoms with Gasteiger partial charge < -0.3 is 9.26 Å². The summed E-state index contributed by atoms with van der Waals surface area (Å²) in [5.74, 6) is 1.46. The zero-order valence-electron chi connectivity index (χ0n) is 24.1. The molecule has 202 valence electrons. The Bertz CT molecular complexity index is 1210. The molecule has 6 rings (SSSR count). The average Bonchev–Trinajstić information content (AvgIpc) is 3.28. The number of nitrogens with zero attached hydrogens (tertiary/aromatic N) is 1. The Morgan fingerprint density at radius 1 is 1.03 bits per heavy atom. The van der Waals surface area contributed by atoms with Crippen molar-refractivity contribution in [2.24, 2.45) is 44.8 Å². The maximum Gasteiger partial charge on any atom is 0.312 e. The summed E-state index contributed by atoms with van der Waals surface area (Å²) in [4.78, 5) is 27.9. The Labute approximate surface area is 222 Å². The summed E-state index contributed by atoms with van der Waals surface area (Å²) in [5.41, 5.74) is 1.59. The molecule has 0 amide bonds. The summed E-state index contributed by atoms with van der Waals surface area (Å²) >= 11 is 0. The number of ketones is 1. The number of fused-ring (bicyclic) bond motifs is 8. The molecule has 5 aliphatic carbocycles. The molecule has 1 heterocycles. The van der Waals surface area contributed by atoms with Gasteiger partial charge in [0.1, 0.15) is 5.76 Å². The van der Waals surface area contributed by atoms with E-state index >= 15 is 0 Å². The van der Waals surface area contributed by atoms with Gasteiger partial charge in [-0.1, -0.05) is 59.2 Å². The molecule has 0 N–H and O–H groups in total. The molecule has 1 aromatic heterocycles. The van der Waals surface area contributed by atoms with E-state index in [4.69, 9.17) is 9.26 Å². The highest BCUT2D eigenvalue weighted by Crippen LogP contribution is 2.74. The zero-order valence-corrected chi connectivity index (χ0v) is 24.1. The first-order chi connectivity index (χ1) is 17.2. The minimum absolute atomic E-state index is 0.0302. The van der Waals surface area contributed by atoms with Crippen molar-refractivity contribution in [2.75, 3.05) is 7.11 Å². The first kappa shape index (κ1) is 25.4. The fourth-order valence-electron chi connectivity index (χ4n) is 10.9. The number of ether oxygens (including phenoxy) is 1. The van der Waals surface area contributed by atoms with Gasteiger partial charge in [0, 0.05) is 16.9 Å². The number of carbonyl (C=O) groups excluding carboxylic acids is 2. The molecule has 3 fully saturated rings. The molecular weight excluding hydrogens is 462 g/mol. The van der Waals surface area contributed by atoms with E-state index in [2.05, 4.69) is 59.7 Å². The third-order valence-corrected chi connectivity index (χ3v) is 12.9. The highest BCUT2D eigenvalue weighted by Gasteiger charge is 2.71. The van der Waals surface area contributed by atoms with Crippen LogP contribution in [0.3, 0.4) is 0 Å². The normalized spacial score (nSPS) is 45.4. The summed E-state index contributed by atoms with van der Waals surface area (Å²) in [5, 5.41) is 4.19. The number of allylic oxidation sites excluding steroid dienone is 2. The van der Waals surface area contributed by atoms with Crippen LogP contribution < -0.4 is 0 Å². The molecule has 1 aromatic rings. The molecule has 0 bridgehead atoms. The van der Waals surface area contributed by atoms with Crippen LogP contribution in [-0.4, -0.2) is 24.0 Å². The van der Waals surface area contributed by atoms with Crippen molar-refractivity contribution >= 4 is 11.8 Å². The number of aromatic nitrogens is 1. The molecule has 3 saturated carbocycles. The van der Waals surface area contributed by atoms with E-state index in [-0.39, 0.29) is 50.7 Å². The smallest absolute Gasteiger partial charge is 0.312 e. The molecule has 5 nitrogen and oxygen atoms in total. The van der Waals surface area contributed by atoms with Gasteiger partial charge in [0.25, 0.3) is 0 Å². The van der Waals surface area contributed by atoms with Gasteiger partial charge in [-0.25, -0.2) is 0 Å². The number of esters is 1. The van der Waals surface area contributed by atoms with Crippen molar-refractivity contribution in [3.63, 3.8) is 0 Å². The Morgan fingerprint density at radius 2 is 1.73 bits per heavy atom. The minimum Gasteiger partial charge on any atom is -0.469 e. The van der Waals surface area contributed by atoms with E-state index in [0.717, 1.165) is 57.1 Å². The van der Waals surface area contributed by atoms with Crippen molar-refractivity contribution in [3.8, 4) is 0 Å². The maximum atomic E-state index is 14.5. The molecule has 5 aliphatic rings. The number of hydrogen-bond donors (Lipinski definition) is 0. The third kappa shape index (κ3) is 2.95. The van der Waals surface area contributed by atoms with E-state index < -0.39 is 5.41 Å². The monoisotopic (exact) mass is 507 g/mol. The van der Waals surface area contributed by atoms with Gasteiger partial charge >= 0.3 is 5.97 Å². The van der Waals surface area contributed by atoms with Crippen LogP contribution in [0.25, 0.3) is 0 Å². The number of methoxy groups -OCH3 is 1. The molecule has 0 unspecified atom stereocenters. The number of hydrogen-bond acceptors (Lipinski definition) is 5. The summed E-state index contributed by atoms with van der Waals surface area (Å²) < 4.78 is 11.2. The summed E-state index contributed by atoms with van der Waals surface area (Å²) in [7, 11) is 1.52. The SMILES string of the molecule is COC(=O)[C@@]12CCC(C)(C)C[C@H]1[C@H]1C(=O)C=C3[C@]4(C)Cc5cnoc5C(C)(C)[C@H]4CC[C@]3(C)[C@@]1(C)CC2. The average molecular weight is 508 g/mol. The van der Waals surface area contributed by atoms with E-state index in [0.29, 0.717) is 5.92 Å². The van der Waals surface area contributed by atoms with E-state index in [1.807, 2.05) is 6.20 Å². The van der Waals surface area contributed by atoms with Crippen molar-refractivity contribution in [2.45, 2.75) is 105 Å². The molecule has 0 aliphatic heterocycles. The summed E-state index contributed by atoms with van der Waals surface area (Å²) in [6, 6.07) is 0. The second-order valence-electron chi connectivity index (χ2n) is 15.4. The van der Waals surface area contributed by atoms with Crippen molar-refractivity contribution in [3.05, 3.63) is 29.2 Å². The molecule has 7 atom stereocenters. The minimum atomic E-state index is -0.531. The lowest BCUT2D eigenvalue weighted by molar-refractivity contribution is -0.191. The van der Waals surface area contributed by atoms with Crippen LogP contribution in [0.5, 0.6) is 0 Å². The lowest BCUT2D eigenvalue weighted by Crippen LogP contribution is -2.66. The van der Waals surface area contributed by atoms with Crippen LogP contribution in [-0.2, 0) is 26.2 Å². The van der Waals surface area contributed by atoms with Crippen LogP contribution in [0, 0.1) is 44.8 Å². The first-order valence-corrected chi connectivity index (χ1v) is 14.5. The predicted molar refractivity (Wildman–Crippen MR) is 142 cm³/mol. The Kier molecular flexibility index (Phi) is 5.06. The zero-order chi connectivity index (χ0) is 26.8. The van der Waals surface area contributed by atoms with Crippen LogP contribution in [0.4, 0.5) is 0 Å². The number of carbonyl (C=O) groups is 2. The van der Waals surface area contributed by atoms with Gasteiger partial charge in [-0.2, -0.15) is 0 Å². The van der Waals surface area contributed by atoms with Crippen LogP contribution >= 0.6 is 0 Å². The number of rotatable bonds is 1. The van der Waals surface area contributed by atoms with Crippen molar-refractivity contribution in [1.82, 2.24) is 5.16 Å². The van der Waals surface area contributed by atoms with Crippen molar-refractivity contribution in [1.29, 1.82) is 0 Å². The van der Waals surface area contributed by atoms with Crippen LogP contribution in [0.1, 0.15) is 105 Å². The van der Waals surface area contributed by atoms with E-state index in [9.17, 15) is 9.59 Å². The largest absolute Gasteiger partial charge is 0.469 e. The van der Waals surface area contributed by atoms with E-state index in [1.54, 1.807) is 0 Å². The molecule has 0 aromatic carbocycles. The fourth-order valence-corrected chi connectivity index (χ4v) is 10.9. The maximum absolute atomic E-state index is 14.5. The third-order valence-electron chi connectivity index (χ3n) is 12.9. The highest BCUT2D eigenvalue weighted by atomic mass is 16.5. The first-order valence-electron chi connectivity index (χ1n) is 14.5. The standard InChI is InChI=1S/C32H45NO4/c1-27(2)11-13-32(26(35)36-8)14-12-31(7)24(20(32)17-27)21(34)15-23-29(5)16-19-18-33-37-25(19)28(3,4)22(29)9-10-30(23,31)6/h15,18,20,22,24H,9-14,16-17H2,1-8H3/t20-,22+,24-,29+,30-,31-,32+/m0/s1. The lowest BCUT2D eigenvalue weighted by Gasteiger charge is -2.69. The fraction of sp³-hybridized carbons (Fsp3) is 0.781. The van der Waals surface area contributed by atoms with Gasteiger partial charge in [-0.15, -0.1) is 0 Å². The summed E-state index contributed by atoms with van der Waals surface area (Å²) in [6.45, 7) is 16.5. The van der Waals surface area contributed by atoms with Gasteiger partial charge in [0.05, 0.1) is 18.7 Å². The van der Waals surface area contributed by atoms with Crippen LogP contribution in [0.15, 0.2) is 22.4 Å². The lowest BCUT2D eigenvalue weighted by atomic mass is 9.34. The van der Waals surface area contributed by atoms with Gasteiger partial charge in [-0.05, 0) is 90.9 Å². The predicted octanol–water partition coefficient (Wildman–Crippen LogP) is 6.84. The van der Waals surface area contributed by atoms with Gasteiger partial charge in [0.2, 0.25) is 0 Å². The molecule has 0 radical (unpaired) electrons. The highest BCUT2D eigenvalue weighted by molar-refractivity contribution is 5.96.